The Bertz CT molecular complexity index is 1320. The molecule has 10 heteroatoms. The second-order valence-electron chi connectivity index (χ2n) is 9.03. The Morgan fingerprint density at radius 3 is 2.23 bits per heavy atom. The highest BCUT2D eigenvalue weighted by atomic mass is 35.5. The van der Waals surface area contributed by atoms with Crippen LogP contribution in [0.5, 0.6) is 0 Å². The van der Waals surface area contributed by atoms with Crippen LogP contribution in [0.15, 0.2) is 78.9 Å². The predicted octanol–water partition coefficient (Wildman–Crippen LogP) is 3.18. The Hall–Kier alpha value is -3.66. The Kier molecular flexibility index (Phi) is 11.3. The van der Waals surface area contributed by atoms with Crippen LogP contribution in [0.2, 0.25) is 5.02 Å². The molecular weight excluding hydrogens is 550 g/mol. The molecule has 0 bridgehead atoms. The number of esters is 1. The van der Waals surface area contributed by atoms with Crippen molar-refractivity contribution in [3.63, 3.8) is 0 Å². The van der Waals surface area contributed by atoms with E-state index in [2.05, 4.69) is 23.3 Å². The van der Waals surface area contributed by atoms with E-state index in [1.165, 1.54) is 0 Å². The van der Waals surface area contributed by atoms with Crippen LogP contribution in [-0.4, -0.2) is 48.5 Å². The first-order valence-electron chi connectivity index (χ1n) is 12.8. The zero-order valence-corrected chi connectivity index (χ0v) is 23.7. The summed E-state index contributed by atoms with van der Waals surface area (Å²) in [4.78, 5) is 48.9. The van der Waals surface area contributed by atoms with Crippen molar-refractivity contribution < 1.29 is 23.9 Å². The van der Waals surface area contributed by atoms with Crippen LogP contribution in [0.25, 0.3) is 0 Å². The number of carbonyl (C=O) groups is 4. The molecule has 0 radical (unpaired) electrons. The fraction of sp³-hybridized carbons (Fsp3) is 0.267. The van der Waals surface area contributed by atoms with E-state index in [4.69, 9.17) is 22.1 Å². The number of nitrogens with one attached hydrogen (secondary N) is 2. The second-order valence-corrected chi connectivity index (χ2v) is 9.80. The van der Waals surface area contributed by atoms with Crippen molar-refractivity contribution in [3.05, 3.63) is 106 Å². The summed E-state index contributed by atoms with van der Waals surface area (Å²) in [5.74, 6) is -2.15. The lowest BCUT2D eigenvalue weighted by atomic mass is 9.79. The number of benzene rings is 3. The molecule has 0 fully saturated rings. The van der Waals surface area contributed by atoms with Crippen molar-refractivity contribution in [3.8, 4) is 0 Å². The summed E-state index contributed by atoms with van der Waals surface area (Å²) in [6, 6.07) is 21.8. The number of amides is 2. The molecule has 0 spiro atoms. The van der Waals surface area contributed by atoms with E-state index >= 15 is 0 Å². The maximum absolute atomic E-state index is 13.7. The van der Waals surface area contributed by atoms with Crippen LogP contribution >= 0.6 is 24.2 Å². The zero-order valence-electron chi connectivity index (χ0n) is 22.0. The van der Waals surface area contributed by atoms with Crippen molar-refractivity contribution in [2.45, 2.75) is 37.5 Å². The monoisotopic (exact) mass is 581 g/mol. The minimum Gasteiger partial charge on any atom is -0.443 e. The Morgan fingerprint density at radius 1 is 1.00 bits per heavy atom. The molecule has 40 heavy (non-hydrogen) atoms. The van der Waals surface area contributed by atoms with Gasteiger partial charge in [0, 0.05) is 33.9 Å². The molecule has 3 unspecified atom stereocenters. The number of carbonyl (C=O) groups excluding carboxylic acids is 4. The van der Waals surface area contributed by atoms with E-state index < -0.39 is 42.0 Å². The van der Waals surface area contributed by atoms with E-state index in [1.54, 1.807) is 18.2 Å². The first-order chi connectivity index (χ1) is 19.3. The number of hydrogen-bond acceptors (Lipinski definition) is 7. The van der Waals surface area contributed by atoms with Crippen LogP contribution in [0, 0.1) is 0 Å². The van der Waals surface area contributed by atoms with Crippen molar-refractivity contribution in [1.29, 1.82) is 0 Å². The van der Waals surface area contributed by atoms with Gasteiger partial charge in [-0.1, -0.05) is 91.3 Å². The SMILES string of the molecule is CCc1ccc(C(OC(=O)C(CS)NC(=O)CNC(=O)C(N)CC=O)(c2ccccc2)c2ccccc2Cl)cc1. The predicted molar refractivity (Wildman–Crippen MR) is 157 cm³/mol. The summed E-state index contributed by atoms with van der Waals surface area (Å²) < 4.78 is 6.37. The summed E-state index contributed by atoms with van der Waals surface area (Å²) >= 11 is 11.0. The molecule has 2 amide bonds. The Morgan fingerprint density at radius 2 is 1.62 bits per heavy atom. The summed E-state index contributed by atoms with van der Waals surface area (Å²) in [5, 5.41) is 5.29. The second kappa shape index (κ2) is 14.6. The average molecular weight is 582 g/mol. The molecule has 210 valence electrons. The molecule has 0 heterocycles. The highest BCUT2D eigenvalue weighted by molar-refractivity contribution is 7.80. The molecule has 4 N–H and O–H groups in total. The van der Waals surface area contributed by atoms with Crippen molar-refractivity contribution in [1.82, 2.24) is 10.6 Å². The maximum atomic E-state index is 13.7. The van der Waals surface area contributed by atoms with Gasteiger partial charge in [0.05, 0.1) is 12.6 Å². The van der Waals surface area contributed by atoms with E-state index in [-0.39, 0.29) is 12.2 Å². The molecule has 3 rings (SSSR count). The van der Waals surface area contributed by atoms with Gasteiger partial charge >= 0.3 is 5.97 Å². The normalized spacial score (nSPS) is 13.8. The lowest BCUT2D eigenvalue weighted by Crippen LogP contribution is -2.51. The molecule has 0 saturated carbocycles. The molecule has 8 nitrogen and oxygen atoms in total. The quantitative estimate of drug-likeness (QED) is 0.106. The number of aldehydes is 1. The van der Waals surface area contributed by atoms with Gasteiger partial charge < -0.3 is 25.9 Å². The van der Waals surface area contributed by atoms with Gasteiger partial charge in [-0.05, 0) is 18.1 Å². The van der Waals surface area contributed by atoms with Crippen molar-refractivity contribution >= 4 is 48.3 Å². The third-order valence-corrected chi connectivity index (χ3v) is 7.06. The smallest absolute Gasteiger partial charge is 0.331 e. The fourth-order valence-corrected chi connectivity index (χ4v) is 4.71. The largest absolute Gasteiger partial charge is 0.443 e. The van der Waals surface area contributed by atoms with Crippen molar-refractivity contribution in [2.75, 3.05) is 12.3 Å². The number of nitrogens with two attached hydrogens (primary N) is 1. The molecule has 0 aliphatic rings. The third kappa shape index (κ3) is 7.29. The number of hydrogen-bond donors (Lipinski definition) is 4. The van der Waals surface area contributed by atoms with Gasteiger partial charge in [0.1, 0.15) is 12.3 Å². The average Bonchev–Trinajstić information content (AvgIpc) is 2.98. The zero-order chi connectivity index (χ0) is 29.1. The molecule has 0 aromatic heterocycles. The van der Waals surface area contributed by atoms with Gasteiger partial charge in [0.25, 0.3) is 0 Å². The Labute approximate surface area is 244 Å². The van der Waals surface area contributed by atoms with Crippen LogP contribution in [0.3, 0.4) is 0 Å². The molecule has 3 atom stereocenters. The summed E-state index contributed by atoms with van der Waals surface area (Å²) in [5.41, 5.74) is 7.09. The van der Waals surface area contributed by atoms with E-state index in [0.717, 1.165) is 12.0 Å². The summed E-state index contributed by atoms with van der Waals surface area (Å²) in [7, 11) is 0. The maximum Gasteiger partial charge on any atom is 0.331 e. The standard InChI is InChI=1S/C30H32ClN3O5S/c1-2-20-12-14-22(15-13-20)30(21-8-4-3-5-9-21,23-10-6-7-11-24(23)31)39-29(38)26(19-40)34-27(36)18-33-28(37)25(32)16-17-35/h3-15,17,25-26,40H,2,16,18-19,32H2,1H3,(H,33,37)(H,34,36). The minimum atomic E-state index is -1.45. The number of thiol groups is 1. The lowest BCUT2D eigenvalue weighted by Gasteiger charge is -2.37. The lowest BCUT2D eigenvalue weighted by molar-refractivity contribution is -0.156. The van der Waals surface area contributed by atoms with Crippen molar-refractivity contribution in [2.24, 2.45) is 5.73 Å². The molecule has 0 aliphatic carbocycles. The molecule has 3 aromatic rings. The van der Waals surface area contributed by atoms with Crippen LogP contribution in [0.4, 0.5) is 0 Å². The molecular formula is C30H32ClN3O5S. The van der Waals surface area contributed by atoms with E-state index in [0.29, 0.717) is 28.0 Å². The van der Waals surface area contributed by atoms with Gasteiger partial charge in [0.15, 0.2) is 5.60 Å². The van der Waals surface area contributed by atoms with Gasteiger partial charge in [-0.3, -0.25) is 9.59 Å². The van der Waals surface area contributed by atoms with Crippen LogP contribution in [0.1, 0.15) is 35.6 Å². The van der Waals surface area contributed by atoms with Gasteiger partial charge in [-0.25, -0.2) is 4.79 Å². The highest BCUT2D eigenvalue weighted by Crippen LogP contribution is 2.43. The van der Waals surface area contributed by atoms with Crippen LogP contribution < -0.4 is 16.4 Å². The highest BCUT2D eigenvalue weighted by Gasteiger charge is 2.43. The Balaban J connectivity index is 1.99. The number of ether oxygens (including phenoxy) is 1. The first kappa shape index (κ1) is 30.9. The van der Waals surface area contributed by atoms with Crippen LogP contribution in [-0.2, 0) is 35.9 Å². The van der Waals surface area contributed by atoms with Gasteiger partial charge in [-0.2, -0.15) is 12.6 Å². The number of rotatable bonds is 13. The van der Waals surface area contributed by atoms with Gasteiger partial charge in [0.2, 0.25) is 11.8 Å². The topological polar surface area (TPSA) is 128 Å². The number of halogens is 1. The van der Waals surface area contributed by atoms with Gasteiger partial charge in [-0.15, -0.1) is 0 Å². The first-order valence-corrected chi connectivity index (χ1v) is 13.8. The summed E-state index contributed by atoms with van der Waals surface area (Å²) in [6.45, 7) is 1.60. The van der Waals surface area contributed by atoms with E-state index in [9.17, 15) is 19.2 Å². The number of aryl methyl sites for hydroxylation is 1. The fourth-order valence-electron chi connectivity index (χ4n) is 4.20. The molecule has 0 saturated heterocycles. The third-order valence-electron chi connectivity index (χ3n) is 6.37. The minimum absolute atomic E-state index is 0.0780. The summed E-state index contributed by atoms with van der Waals surface area (Å²) in [6.07, 6.45) is 1.17. The molecule has 3 aromatic carbocycles. The molecule has 0 aliphatic heterocycles. The van der Waals surface area contributed by atoms with E-state index in [1.807, 2.05) is 67.6 Å².